The Morgan fingerprint density at radius 1 is 1.24 bits per heavy atom. The molecule has 0 unspecified atom stereocenters. The summed E-state index contributed by atoms with van der Waals surface area (Å²) < 4.78 is 28.0. The Hall–Kier alpha value is -0.680. The molecule has 120 valence electrons. The summed E-state index contributed by atoms with van der Waals surface area (Å²) in [6, 6.07) is 3.79. The lowest BCUT2D eigenvalue weighted by molar-refractivity contribution is 0.166. The van der Waals surface area contributed by atoms with Gasteiger partial charge in [0.1, 0.15) is 11.6 Å². The quantitative estimate of drug-likeness (QED) is 0.841. The van der Waals surface area contributed by atoms with Crippen molar-refractivity contribution >= 4 is 24.8 Å². The number of nitrogens with one attached hydrogen (secondary N) is 1. The van der Waals surface area contributed by atoms with Gasteiger partial charge in [-0.2, -0.15) is 0 Å². The number of nitrogens with zero attached hydrogens (tertiary/aromatic N) is 1. The Kier molecular flexibility index (Phi) is 9.06. The molecule has 0 aromatic heterocycles. The number of hydrogen-bond donors (Lipinski definition) is 1. The van der Waals surface area contributed by atoms with Gasteiger partial charge in [0.25, 0.3) is 0 Å². The summed E-state index contributed by atoms with van der Waals surface area (Å²) in [5, 5.41) is 3.25. The first-order valence-corrected chi connectivity index (χ1v) is 6.62. The minimum absolute atomic E-state index is 0. The Bertz CT molecular complexity index is 443. The zero-order chi connectivity index (χ0) is 13.8. The monoisotopic (exact) mass is 338 g/mol. The topological polar surface area (TPSA) is 15.3 Å². The molecule has 1 aliphatic heterocycles. The van der Waals surface area contributed by atoms with E-state index in [0.29, 0.717) is 6.42 Å². The zero-order valence-electron chi connectivity index (χ0n) is 12.1. The van der Waals surface area contributed by atoms with Gasteiger partial charge in [0, 0.05) is 37.8 Å². The fourth-order valence-corrected chi connectivity index (χ4v) is 2.57. The van der Waals surface area contributed by atoms with Crippen molar-refractivity contribution < 1.29 is 8.78 Å². The van der Waals surface area contributed by atoms with Crippen LogP contribution in [0, 0.1) is 11.6 Å². The van der Waals surface area contributed by atoms with E-state index in [2.05, 4.69) is 16.8 Å². The molecule has 1 N–H and O–H groups in total. The second-order valence-electron chi connectivity index (χ2n) is 5.10. The van der Waals surface area contributed by atoms with Gasteiger partial charge in [-0.25, -0.2) is 8.78 Å². The normalized spacial score (nSPS) is 16.5. The number of piperazine rings is 1. The Balaban J connectivity index is 0.00000200. The van der Waals surface area contributed by atoms with Gasteiger partial charge in [-0.3, -0.25) is 4.90 Å². The lowest BCUT2D eigenvalue weighted by Gasteiger charge is -2.35. The predicted molar refractivity (Wildman–Crippen MR) is 87.5 cm³/mol. The number of hydrogen-bond acceptors (Lipinski definition) is 2. The van der Waals surface area contributed by atoms with Crippen LogP contribution in [0.2, 0.25) is 0 Å². The Morgan fingerprint density at radius 3 is 2.24 bits per heavy atom. The van der Waals surface area contributed by atoms with Crippen LogP contribution in [0.4, 0.5) is 8.78 Å². The second-order valence-corrected chi connectivity index (χ2v) is 5.10. The zero-order valence-corrected chi connectivity index (χ0v) is 13.7. The van der Waals surface area contributed by atoms with Crippen LogP contribution in [-0.2, 0) is 0 Å². The van der Waals surface area contributed by atoms with E-state index in [1.807, 2.05) is 6.92 Å². The molecule has 0 spiro atoms. The first-order valence-electron chi connectivity index (χ1n) is 6.62. The maximum Gasteiger partial charge on any atom is 0.130 e. The third kappa shape index (κ3) is 5.22. The molecule has 1 aliphatic rings. The van der Waals surface area contributed by atoms with Crippen molar-refractivity contribution in [3.8, 4) is 0 Å². The molecule has 0 saturated carbocycles. The molecule has 0 amide bonds. The molecule has 2 rings (SSSR count). The molecule has 0 aliphatic carbocycles. The fraction of sp³-hybridized carbons (Fsp3) is 0.467. The van der Waals surface area contributed by atoms with Crippen molar-refractivity contribution in [2.24, 2.45) is 0 Å². The van der Waals surface area contributed by atoms with E-state index < -0.39 is 11.6 Å². The largest absolute Gasteiger partial charge is 0.314 e. The van der Waals surface area contributed by atoms with Crippen LogP contribution in [0.15, 0.2) is 30.4 Å². The van der Waals surface area contributed by atoms with Crippen molar-refractivity contribution in [2.75, 3.05) is 26.2 Å². The Morgan fingerprint density at radius 2 is 1.76 bits per heavy atom. The van der Waals surface area contributed by atoms with Crippen LogP contribution in [0.25, 0.3) is 0 Å². The smallest absolute Gasteiger partial charge is 0.130 e. The molecular formula is C15H22Cl2F2N2. The molecule has 21 heavy (non-hydrogen) atoms. The summed E-state index contributed by atoms with van der Waals surface area (Å²) in [5.41, 5.74) is 1.11. The molecule has 0 bridgehead atoms. The van der Waals surface area contributed by atoms with Gasteiger partial charge in [-0.15, -0.1) is 31.4 Å². The maximum absolute atomic E-state index is 14.0. The van der Waals surface area contributed by atoms with Crippen molar-refractivity contribution in [3.05, 3.63) is 47.5 Å². The molecule has 6 heteroatoms. The summed E-state index contributed by atoms with van der Waals surface area (Å²) in [6.07, 6.45) is 0.581. The van der Waals surface area contributed by atoms with Gasteiger partial charge in [-0.05, 0) is 25.5 Å². The Labute approximate surface area is 137 Å². The van der Waals surface area contributed by atoms with Crippen molar-refractivity contribution in [3.63, 3.8) is 0 Å². The minimum atomic E-state index is -0.468. The highest BCUT2D eigenvalue weighted by molar-refractivity contribution is 5.85. The molecule has 1 atom stereocenters. The highest BCUT2D eigenvalue weighted by atomic mass is 35.5. The SMILES string of the molecule is C=C(C)C[C@@H](c1c(F)cccc1F)N1CCNCC1.Cl.Cl. The lowest BCUT2D eigenvalue weighted by atomic mass is 9.97. The molecule has 0 radical (unpaired) electrons. The van der Waals surface area contributed by atoms with Gasteiger partial charge in [-0.1, -0.05) is 11.6 Å². The van der Waals surface area contributed by atoms with E-state index in [1.54, 1.807) is 0 Å². The van der Waals surface area contributed by atoms with E-state index in [-0.39, 0.29) is 36.4 Å². The number of benzene rings is 1. The van der Waals surface area contributed by atoms with Gasteiger partial charge in [0.2, 0.25) is 0 Å². The summed E-state index contributed by atoms with van der Waals surface area (Å²) in [5.74, 6) is -0.936. The van der Waals surface area contributed by atoms with Crippen molar-refractivity contribution in [1.29, 1.82) is 0 Å². The third-order valence-electron chi connectivity index (χ3n) is 3.47. The van der Waals surface area contributed by atoms with E-state index in [4.69, 9.17) is 0 Å². The van der Waals surface area contributed by atoms with Gasteiger partial charge in [0.05, 0.1) is 0 Å². The molecule has 1 heterocycles. The van der Waals surface area contributed by atoms with Crippen molar-refractivity contribution in [2.45, 2.75) is 19.4 Å². The summed E-state index contributed by atoms with van der Waals surface area (Å²) >= 11 is 0. The van der Waals surface area contributed by atoms with Crippen LogP contribution in [0.1, 0.15) is 24.9 Å². The van der Waals surface area contributed by atoms with E-state index in [0.717, 1.165) is 31.8 Å². The molecule has 1 fully saturated rings. The first-order chi connectivity index (χ1) is 9.09. The first kappa shape index (κ1) is 20.3. The maximum atomic E-state index is 14.0. The summed E-state index contributed by atoms with van der Waals surface area (Å²) in [4.78, 5) is 2.13. The van der Waals surface area contributed by atoms with Crippen LogP contribution in [0.3, 0.4) is 0 Å². The minimum Gasteiger partial charge on any atom is -0.314 e. The molecule has 2 nitrogen and oxygen atoms in total. The fourth-order valence-electron chi connectivity index (χ4n) is 2.57. The second kappa shape index (κ2) is 9.36. The third-order valence-corrected chi connectivity index (χ3v) is 3.47. The molecule has 1 aromatic rings. The van der Waals surface area contributed by atoms with Crippen LogP contribution in [-0.4, -0.2) is 31.1 Å². The number of rotatable bonds is 4. The van der Waals surface area contributed by atoms with Gasteiger partial charge in [0.15, 0.2) is 0 Å². The molecule has 1 aromatic carbocycles. The van der Waals surface area contributed by atoms with Crippen LogP contribution < -0.4 is 5.32 Å². The van der Waals surface area contributed by atoms with Crippen LogP contribution in [0.5, 0.6) is 0 Å². The van der Waals surface area contributed by atoms with E-state index in [1.165, 1.54) is 18.2 Å². The number of halogens is 4. The highest BCUT2D eigenvalue weighted by Crippen LogP contribution is 2.31. The summed E-state index contributed by atoms with van der Waals surface area (Å²) in [7, 11) is 0. The highest BCUT2D eigenvalue weighted by Gasteiger charge is 2.27. The van der Waals surface area contributed by atoms with Gasteiger partial charge >= 0.3 is 0 Å². The lowest BCUT2D eigenvalue weighted by Crippen LogP contribution is -2.45. The standard InChI is InChI=1S/C15H20F2N2.2ClH/c1-11(2)10-14(19-8-6-18-7-9-19)15-12(16)4-3-5-13(15)17;;/h3-5,14,18H,1,6-10H2,2H3;2*1H/t14-;;/m0../s1. The molecule has 1 saturated heterocycles. The van der Waals surface area contributed by atoms with E-state index in [9.17, 15) is 8.78 Å². The average molecular weight is 339 g/mol. The molecular weight excluding hydrogens is 317 g/mol. The predicted octanol–water partition coefficient (Wildman–Crippen LogP) is 3.72. The average Bonchev–Trinajstić information content (AvgIpc) is 2.38. The van der Waals surface area contributed by atoms with Crippen LogP contribution >= 0.6 is 24.8 Å². The van der Waals surface area contributed by atoms with Gasteiger partial charge < -0.3 is 5.32 Å². The summed E-state index contributed by atoms with van der Waals surface area (Å²) in [6.45, 7) is 9.08. The van der Waals surface area contributed by atoms with E-state index >= 15 is 0 Å². The van der Waals surface area contributed by atoms with Crippen molar-refractivity contribution in [1.82, 2.24) is 10.2 Å².